The molecule has 0 saturated carbocycles. The number of hydrogen-bond donors (Lipinski definition) is 2. The molecule has 37 heavy (non-hydrogen) atoms. The van der Waals surface area contributed by atoms with Crippen LogP contribution in [0.25, 0.3) is 5.78 Å². The van der Waals surface area contributed by atoms with Crippen molar-refractivity contribution < 1.29 is 23.8 Å². The first-order valence-electron chi connectivity index (χ1n) is 11.2. The monoisotopic (exact) mass is 546 g/mol. The van der Waals surface area contributed by atoms with Crippen LogP contribution in [-0.2, 0) is 23.8 Å². The highest BCUT2D eigenvalue weighted by atomic mass is 35.5. The van der Waals surface area contributed by atoms with Gasteiger partial charge >= 0.3 is 11.9 Å². The van der Waals surface area contributed by atoms with E-state index >= 15 is 0 Å². The lowest BCUT2D eigenvalue weighted by molar-refractivity contribution is -0.139. The van der Waals surface area contributed by atoms with Crippen LogP contribution in [0, 0.1) is 0 Å². The number of benzene rings is 1. The number of aromatic nitrogens is 3. The topological polar surface area (TPSA) is 124 Å². The molecule has 1 aromatic carbocycles. The molecule has 12 heteroatoms. The van der Waals surface area contributed by atoms with Crippen LogP contribution in [0.4, 0.5) is 0 Å². The van der Waals surface area contributed by atoms with Gasteiger partial charge in [0.1, 0.15) is 6.10 Å². The summed E-state index contributed by atoms with van der Waals surface area (Å²) in [6, 6.07) is 6.27. The second-order valence-corrected chi connectivity index (χ2v) is 8.86. The number of imidazole rings is 1. The third-order valence-corrected chi connectivity index (χ3v) is 6.81. The molecule has 2 unspecified atom stereocenters. The average molecular weight is 547 g/mol. The van der Waals surface area contributed by atoms with E-state index in [9.17, 15) is 14.4 Å². The summed E-state index contributed by atoms with van der Waals surface area (Å²) in [6.45, 7) is 3.39. The summed E-state index contributed by atoms with van der Waals surface area (Å²) in [5.74, 6) is -2.12. The summed E-state index contributed by atoms with van der Waals surface area (Å²) in [7, 11) is 2.66. The zero-order valence-electron chi connectivity index (χ0n) is 20.4. The molecular weight excluding hydrogens is 523 g/mol. The lowest BCUT2D eigenvalue weighted by atomic mass is 9.79. The van der Waals surface area contributed by atoms with E-state index in [-0.39, 0.29) is 44.8 Å². The first kappa shape index (κ1) is 26.5. The van der Waals surface area contributed by atoms with Crippen molar-refractivity contribution >= 4 is 40.9 Å². The second-order valence-electron chi connectivity index (χ2n) is 8.08. The number of rotatable bonds is 7. The molecule has 0 aliphatic carbocycles. The van der Waals surface area contributed by atoms with E-state index in [0.717, 1.165) is 0 Å². The first-order chi connectivity index (χ1) is 17.7. The molecule has 3 aromatic rings. The predicted molar refractivity (Wildman–Crippen MR) is 136 cm³/mol. The molecule has 0 radical (unpaired) electrons. The fraction of sp³-hybridized carbons (Fsp3) is 0.280. The maximum atomic E-state index is 13.5. The number of carbonyl (C=O) groups is 2. The molecule has 0 amide bonds. The Bertz CT molecular complexity index is 1510. The van der Waals surface area contributed by atoms with Crippen LogP contribution in [0.5, 0.6) is 0 Å². The molecule has 2 N–H and O–H groups in total. The second kappa shape index (κ2) is 10.8. The summed E-state index contributed by atoms with van der Waals surface area (Å²) >= 11 is 12.9. The number of H-pyrrole nitrogens is 1. The van der Waals surface area contributed by atoms with Crippen molar-refractivity contribution in [1.82, 2.24) is 19.7 Å². The van der Waals surface area contributed by atoms with Crippen LogP contribution in [-0.4, -0.2) is 47.1 Å². The van der Waals surface area contributed by atoms with E-state index in [4.69, 9.17) is 37.4 Å². The Morgan fingerprint density at radius 3 is 2.62 bits per heavy atom. The number of hydrogen-bond acceptors (Lipinski definition) is 8. The van der Waals surface area contributed by atoms with Crippen molar-refractivity contribution in [3.05, 3.63) is 90.9 Å². The Morgan fingerprint density at radius 1 is 1.19 bits per heavy atom. The Hall–Kier alpha value is -3.60. The third kappa shape index (κ3) is 4.75. The van der Waals surface area contributed by atoms with Crippen molar-refractivity contribution in [1.29, 1.82) is 0 Å². The molecule has 4 rings (SSSR count). The molecule has 0 spiro atoms. The Morgan fingerprint density at radius 2 is 1.95 bits per heavy atom. The van der Waals surface area contributed by atoms with Gasteiger partial charge in [-0.05, 0) is 25.5 Å². The van der Waals surface area contributed by atoms with Crippen LogP contribution in [0.1, 0.15) is 37.1 Å². The van der Waals surface area contributed by atoms with E-state index in [1.807, 2.05) is 0 Å². The van der Waals surface area contributed by atoms with Gasteiger partial charge in [-0.15, -0.1) is 0 Å². The maximum absolute atomic E-state index is 13.5. The average Bonchev–Trinajstić information content (AvgIpc) is 3.35. The molecule has 2 atom stereocenters. The molecule has 10 nitrogen and oxygen atoms in total. The van der Waals surface area contributed by atoms with Crippen molar-refractivity contribution in [3.63, 3.8) is 0 Å². The molecule has 2 aromatic heterocycles. The number of ether oxygens (including phenoxy) is 3. The third-order valence-electron chi connectivity index (χ3n) is 5.98. The molecule has 0 bridgehead atoms. The Labute approximate surface area is 221 Å². The maximum Gasteiger partial charge on any atom is 0.336 e. The predicted octanol–water partition coefficient (Wildman–Crippen LogP) is 3.67. The number of methoxy groups -OCH3 is 2. The minimum Gasteiger partial charge on any atom is -0.466 e. The van der Waals surface area contributed by atoms with E-state index < -0.39 is 24.0 Å². The SMILES string of the molecule is CCOC(=O)C1=C(C(OC)c2cc(=O)n3ccnc3[nH]2)NC(C)=C(C(=O)OC)C1c1cccc(Cl)c1Cl. The van der Waals surface area contributed by atoms with Gasteiger partial charge in [-0.1, -0.05) is 35.3 Å². The zero-order valence-corrected chi connectivity index (χ0v) is 21.9. The van der Waals surface area contributed by atoms with Gasteiger partial charge in [0.05, 0.1) is 52.2 Å². The van der Waals surface area contributed by atoms with Crippen LogP contribution in [0.15, 0.2) is 64.0 Å². The standard InChI is InChI=1S/C25H24Cl2N4O6/c1-5-37-24(34)19-18(13-7-6-8-14(26)20(13)27)17(23(33)36-4)12(2)29-21(19)22(35-3)15-11-16(32)31-10-9-28-25(31)30-15/h6-11,18,22,29H,5H2,1-4H3,(H,28,30). The minimum atomic E-state index is -1.02. The van der Waals surface area contributed by atoms with Gasteiger partial charge < -0.3 is 24.5 Å². The molecule has 0 fully saturated rings. The summed E-state index contributed by atoms with van der Waals surface area (Å²) in [5, 5.41) is 3.52. The number of dihydropyridines is 1. The van der Waals surface area contributed by atoms with E-state index in [0.29, 0.717) is 17.0 Å². The molecule has 1 aliphatic heterocycles. The molecule has 1 aliphatic rings. The summed E-state index contributed by atoms with van der Waals surface area (Å²) < 4.78 is 17.6. The first-order valence-corrected chi connectivity index (χ1v) is 12.0. The van der Waals surface area contributed by atoms with Crippen LogP contribution >= 0.6 is 23.2 Å². The quantitative estimate of drug-likeness (QED) is 0.430. The number of carbonyl (C=O) groups excluding carboxylic acids is 2. The van der Waals surface area contributed by atoms with E-state index in [1.165, 1.54) is 37.1 Å². The number of aromatic amines is 1. The van der Waals surface area contributed by atoms with Gasteiger partial charge in [0.15, 0.2) is 0 Å². The zero-order chi connectivity index (χ0) is 26.9. The van der Waals surface area contributed by atoms with Gasteiger partial charge in [-0.25, -0.2) is 14.6 Å². The highest BCUT2D eigenvalue weighted by molar-refractivity contribution is 6.42. The normalized spacial score (nSPS) is 16.5. The fourth-order valence-corrected chi connectivity index (χ4v) is 4.83. The van der Waals surface area contributed by atoms with Crippen LogP contribution in [0.3, 0.4) is 0 Å². The molecular formula is C25H24Cl2N4O6. The summed E-state index contributed by atoms with van der Waals surface area (Å²) in [4.78, 5) is 46.5. The van der Waals surface area contributed by atoms with E-state index in [1.54, 1.807) is 32.0 Å². The number of fused-ring (bicyclic) bond motifs is 1. The summed E-state index contributed by atoms with van der Waals surface area (Å²) in [5.41, 5.74) is 1.19. The van der Waals surface area contributed by atoms with Crippen LogP contribution < -0.4 is 10.9 Å². The van der Waals surface area contributed by atoms with Gasteiger partial charge in [-0.2, -0.15) is 0 Å². The smallest absolute Gasteiger partial charge is 0.336 e. The Balaban J connectivity index is 2.04. The molecule has 0 saturated heterocycles. The number of esters is 2. The van der Waals surface area contributed by atoms with Crippen molar-refractivity contribution in [3.8, 4) is 0 Å². The molecule has 3 heterocycles. The lowest BCUT2D eigenvalue weighted by Gasteiger charge is -2.34. The van der Waals surface area contributed by atoms with Gasteiger partial charge in [0.25, 0.3) is 5.56 Å². The highest BCUT2D eigenvalue weighted by Crippen LogP contribution is 2.45. The Kier molecular flexibility index (Phi) is 7.72. The number of nitrogens with one attached hydrogen (secondary N) is 2. The lowest BCUT2D eigenvalue weighted by Crippen LogP contribution is -2.36. The minimum absolute atomic E-state index is 0.0490. The van der Waals surface area contributed by atoms with Gasteiger partial charge in [-0.3, -0.25) is 9.20 Å². The van der Waals surface area contributed by atoms with Gasteiger partial charge in [0.2, 0.25) is 5.78 Å². The highest BCUT2D eigenvalue weighted by Gasteiger charge is 2.42. The number of allylic oxidation sites excluding steroid dienone is 1. The largest absolute Gasteiger partial charge is 0.466 e. The number of nitrogens with zero attached hydrogens (tertiary/aromatic N) is 2. The molecule has 194 valence electrons. The van der Waals surface area contributed by atoms with Crippen molar-refractivity contribution in [2.75, 3.05) is 20.8 Å². The van der Waals surface area contributed by atoms with Crippen molar-refractivity contribution in [2.24, 2.45) is 0 Å². The summed E-state index contributed by atoms with van der Waals surface area (Å²) in [6.07, 6.45) is 2.02. The van der Waals surface area contributed by atoms with E-state index in [2.05, 4.69) is 15.3 Å². The fourth-order valence-electron chi connectivity index (χ4n) is 4.41. The van der Waals surface area contributed by atoms with Gasteiger partial charge in [0, 0.05) is 31.3 Å². The number of halogens is 2. The van der Waals surface area contributed by atoms with Crippen molar-refractivity contribution in [2.45, 2.75) is 25.9 Å². The van der Waals surface area contributed by atoms with Crippen LogP contribution in [0.2, 0.25) is 10.0 Å².